The molecular weight excluding hydrogens is 276 g/mol. The van der Waals surface area contributed by atoms with Crippen molar-refractivity contribution in [3.63, 3.8) is 0 Å². The second kappa shape index (κ2) is 7.43. The molecule has 1 N–H and O–H groups in total. The van der Waals surface area contributed by atoms with Crippen LogP contribution in [-0.4, -0.2) is 36.3 Å². The highest BCUT2D eigenvalue weighted by Crippen LogP contribution is 2.21. The van der Waals surface area contributed by atoms with Crippen LogP contribution in [0.15, 0.2) is 24.3 Å². The second-order valence-corrected chi connectivity index (χ2v) is 6.62. The molecule has 0 bridgehead atoms. The van der Waals surface area contributed by atoms with Gasteiger partial charge in [-0.3, -0.25) is 9.59 Å². The van der Waals surface area contributed by atoms with Gasteiger partial charge in [0.05, 0.1) is 0 Å². The van der Waals surface area contributed by atoms with Gasteiger partial charge in [0.15, 0.2) is 0 Å². The average Bonchev–Trinajstić information content (AvgIpc) is 2.46. The largest absolute Gasteiger partial charge is 0.352 e. The predicted octanol–water partition coefficient (Wildman–Crippen LogP) is 2.62. The Balaban J connectivity index is 1.78. The highest BCUT2D eigenvalue weighted by molar-refractivity contribution is 5.94. The number of likely N-dealkylation sites (tertiary alicyclic amines) is 1. The minimum absolute atomic E-state index is 0.114. The van der Waals surface area contributed by atoms with E-state index < -0.39 is 0 Å². The maximum atomic E-state index is 12.2. The Morgan fingerprint density at radius 2 is 1.91 bits per heavy atom. The summed E-state index contributed by atoms with van der Waals surface area (Å²) in [7, 11) is 0. The Kier molecular flexibility index (Phi) is 5.58. The van der Waals surface area contributed by atoms with E-state index in [-0.39, 0.29) is 11.8 Å². The fourth-order valence-electron chi connectivity index (χ4n) is 3.20. The van der Waals surface area contributed by atoms with Gasteiger partial charge >= 0.3 is 0 Å². The molecule has 2 amide bonds. The number of carbonyl (C=O) groups excluding carboxylic acids is 2. The van der Waals surface area contributed by atoms with Crippen molar-refractivity contribution in [2.24, 2.45) is 11.8 Å². The summed E-state index contributed by atoms with van der Waals surface area (Å²) in [6, 6.07) is 7.47. The summed E-state index contributed by atoms with van der Waals surface area (Å²) in [4.78, 5) is 26.2. The molecule has 1 saturated heterocycles. The smallest absolute Gasteiger partial charge is 0.251 e. The number of hydrogen-bond donors (Lipinski definition) is 1. The highest BCUT2D eigenvalue weighted by atomic mass is 16.2. The minimum atomic E-state index is -0.114. The molecule has 1 fully saturated rings. The van der Waals surface area contributed by atoms with Crippen molar-refractivity contribution in [3.05, 3.63) is 35.4 Å². The van der Waals surface area contributed by atoms with Crippen LogP contribution in [0.5, 0.6) is 0 Å². The summed E-state index contributed by atoms with van der Waals surface area (Å²) in [5.41, 5.74) is 1.70. The zero-order chi connectivity index (χ0) is 16.1. The number of carbonyl (C=O) groups is 2. The topological polar surface area (TPSA) is 49.4 Å². The van der Waals surface area contributed by atoms with Crippen LogP contribution in [0.3, 0.4) is 0 Å². The van der Waals surface area contributed by atoms with Gasteiger partial charge in [-0.25, -0.2) is 0 Å². The third kappa shape index (κ3) is 4.58. The number of hydrogen-bond acceptors (Lipinski definition) is 2. The summed E-state index contributed by atoms with van der Waals surface area (Å²) in [5.74, 6) is 1.16. The molecule has 0 aliphatic carbocycles. The zero-order valence-corrected chi connectivity index (χ0v) is 13.8. The number of benzene rings is 1. The minimum Gasteiger partial charge on any atom is -0.352 e. The third-order valence-corrected chi connectivity index (χ3v) is 4.13. The molecule has 0 aromatic heterocycles. The van der Waals surface area contributed by atoms with E-state index >= 15 is 0 Å². The first-order valence-electron chi connectivity index (χ1n) is 8.08. The lowest BCUT2D eigenvalue weighted by molar-refractivity contribution is -0.133. The van der Waals surface area contributed by atoms with Crippen LogP contribution in [-0.2, 0) is 4.79 Å². The van der Waals surface area contributed by atoms with Crippen LogP contribution in [0.1, 0.15) is 42.6 Å². The van der Waals surface area contributed by atoms with Crippen molar-refractivity contribution < 1.29 is 9.59 Å². The third-order valence-electron chi connectivity index (χ3n) is 4.13. The number of piperidine rings is 1. The van der Waals surface area contributed by atoms with E-state index in [1.807, 2.05) is 30.0 Å². The Morgan fingerprint density at radius 3 is 2.55 bits per heavy atom. The van der Waals surface area contributed by atoms with E-state index in [1.165, 1.54) is 6.42 Å². The summed E-state index contributed by atoms with van der Waals surface area (Å²) >= 11 is 0. The van der Waals surface area contributed by atoms with Gasteiger partial charge in [-0.1, -0.05) is 31.5 Å². The van der Waals surface area contributed by atoms with E-state index in [9.17, 15) is 9.59 Å². The molecule has 1 aromatic carbocycles. The number of amides is 2. The number of rotatable bonds is 4. The summed E-state index contributed by atoms with van der Waals surface area (Å²) in [6.45, 7) is 8.42. The maximum Gasteiger partial charge on any atom is 0.251 e. The fraction of sp³-hybridized carbons (Fsp3) is 0.556. The lowest BCUT2D eigenvalue weighted by Crippen LogP contribution is -2.43. The Morgan fingerprint density at radius 1 is 1.23 bits per heavy atom. The van der Waals surface area contributed by atoms with Crippen molar-refractivity contribution in [2.75, 3.05) is 19.6 Å². The van der Waals surface area contributed by atoms with Crippen molar-refractivity contribution in [1.82, 2.24) is 10.2 Å². The molecule has 2 atom stereocenters. The number of aryl methyl sites for hydroxylation is 1. The van der Waals surface area contributed by atoms with E-state index in [0.29, 0.717) is 30.4 Å². The fourth-order valence-corrected chi connectivity index (χ4v) is 3.20. The average molecular weight is 302 g/mol. The lowest BCUT2D eigenvalue weighted by Gasteiger charge is -2.35. The van der Waals surface area contributed by atoms with E-state index in [0.717, 1.165) is 18.7 Å². The Hall–Kier alpha value is -1.84. The van der Waals surface area contributed by atoms with Gasteiger partial charge in [0.2, 0.25) is 5.91 Å². The quantitative estimate of drug-likeness (QED) is 0.929. The monoisotopic (exact) mass is 302 g/mol. The molecular formula is C18H26N2O2. The predicted molar refractivity (Wildman–Crippen MR) is 87.7 cm³/mol. The van der Waals surface area contributed by atoms with Crippen LogP contribution in [0.25, 0.3) is 0 Å². The standard InChI is InChI=1S/C18H26N2O2/c1-13-5-4-6-16(10-13)18(22)19-8-7-17(21)20-11-14(2)9-15(3)12-20/h4-6,10,14-15H,7-9,11-12H2,1-3H3,(H,19,22)/t14-,15+. The second-order valence-electron chi connectivity index (χ2n) is 6.62. The lowest BCUT2D eigenvalue weighted by atomic mass is 9.92. The Bertz CT molecular complexity index is 532. The highest BCUT2D eigenvalue weighted by Gasteiger charge is 2.24. The SMILES string of the molecule is Cc1cccc(C(=O)NCCC(=O)N2C[C@H](C)C[C@H](C)C2)c1. The summed E-state index contributed by atoms with van der Waals surface area (Å²) < 4.78 is 0. The van der Waals surface area contributed by atoms with Gasteiger partial charge in [-0.15, -0.1) is 0 Å². The van der Waals surface area contributed by atoms with E-state index in [4.69, 9.17) is 0 Å². The first kappa shape index (κ1) is 16.5. The summed E-state index contributed by atoms with van der Waals surface area (Å²) in [5, 5.41) is 2.83. The molecule has 1 heterocycles. The molecule has 22 heavy (non-hydrogen) atoms. The van der Waals surface area contributed by atoms with Crippen molar-refractivity contribution in [3.8, 4) is 0 Å². The van der Waals surface area contributed by atoms with Gasteiger partial charge in [-0.05, 0) is 37.3 Å². The molecule has 4 nitrogen and oxygen atoms in total. The number of nitrogens with one attached hydrogen (secondary N) is 1. The van der Waals surface area contributed by atoms with Crippen molar-refractivity contribution in [2.45, 2.75) is 33.6 Å². The molecule has 0 saturated carbocycles. The first-order valence-corrected chi connectivity index (χ1v) is 8.08. The van der Waals surface area contributed by atoms with Gasteiger partial charge in [0, 0.05) is 31.6 Å². The number of nitrogens with zero attached hydrogens (tertiary/aromatic N) is 1. The summed E-state index contributed by atoms with van der Waals surface area (Å²) in [6.07, 6.45) is 1.56. The van der Waals surface area contributed by atoms with E-state index in [1.54, 1.807) is 6.07 Å². The van der Waals surface area contributed by atoms with Gasteiger partial charge in [0.1, 0.15) is 0 Å². The van der Waals surface area contributed by atoms with Gasteiger partial charge in [0.25, 0.3) is 5.91 Å². The van der Waals surface area contributed by atoms with Crippen molar-refractivity contribution >= 4 is 11.8 Å². The molecule has 1 aliphatic heterocycles. The molecule has 0 radical (unpaired) electrons. The normalized spacial score (nSPS) is 21.5. The van der Waals surface area contributed by atoms with E-state index in [2.05, 4.69) is 19.2 Å². The van der Waals surface area contributed by atoms with Crippen LogP contribution in [0.4, 0.5) is 0 Å². The van der Waals surface area contributed by atoms with Gasteiger partial charge < -0.3 is 10.2 Å². The molecule has 0 spiro atoms. The maximum absolute atomic E-state index is 12.2. The van der Waals surface area contributed by atoms with Crippen LogP contribution >= 0.6 is 0 Å². The molecule has 120 valence electrons. The molecule has 0 unspecified atom stereocenters. The van der Waals surface area contributed by atoms with Gasteiger partial charge in [-0.2, -0.15) is 0 Å². The Labute approximate surface area is 132 Å². The molecule has 4 heteroatoms. The molecule has 1 aromatic rings. The first-order chi connectivity index (χ1) is 10.5. The zero-order valence-electron chi connectivity index (χ0n) is 13.8. The van der Waals surface area contributed by atoms with Crippen LogP contribution in [0, 0.1) is 18.8 Å². The van der Waals surface area contributed by atoms with Crippen LogP contribution in [0.2, 0.25) is 0 Å². The van der Waals surface area contributed by atoms with Crippen LogP contribution < -0.4 is 5.32 Å². The van der Waals surface area contributed by atoms with Crippen molar-refractivity contribution in [1.29, 1.82) is 0 Å². The molecule has 2 rings (SSSR count). The molecule has 1 aliphatic rings.